The first-order valence-corrected chi connectivity index (χ1v) is 12.6. The maximum atomic E-state index is 13.4. The van der Waals surface area contributed by atoms with Crippen molar-refractivity contribution >= 4 is 18.0 Å². The van der Waals surface area contributed by atoms with Crippen LogP contribution in [0.2, 0.25) is 0 Å². The Hall–Kier alpha value is -3.89. The molecule has 0 bridgehead atoms. The van der Waals surface area contributed by atoms with E-state index >= 15 is 0 Å². The number of aliphatic carboxylic acids is 1. The molecule has 206 valence electrons. The molecule has 0 saturated heterocycles. The van der Waals surface area contributed by atoms with Crippen LogP contribution in [0.4, 0.5) is 4.79 Å². The van der Waals surface area contributed by atoms with Gasteiger partial charge in [0.1, 0.15) is 17.2 Å². The molecule has 1 saturated carbocycles. The molecule has 1 aliphatic rings. The van der Waals surface area contributed by atoms with Crippen molar-refractivity contribution in [2.75, 3.05) is 7.11 Å². The van der Waals surface area contributed by atoms with Gasteiger partial charge < -0.3 is 25.2 Å². The largest absolute Gasteiger partial charge is 0.494 e. The average Bonchev–Trinajstić information content (AvgIpc) is 2.85. The quantitative estimate of drug-likeness (QED) is 0.474. The van der Waals surface area contributed by atoms with Gasteiger partial charge in [-0.05, 0) is 44.7 Å². The number of nitrogens with zero attached hydrogens (tertiary/aromatic N) is 2. The van der Waals surface area contributed by atoms with Gasteiger partial charge in [-0.3, -0.25) is 9.59 Å². The summed E-state index contributed by atoms with van der Waals surface area (Å²) >= 11 is 0. The Morgan fingerprint density at radius 2 is 1.76 bits per heavy atom. The van der Waals surface area contributed by atoms with E-state index in [0.717, 1.165) is 19.3 Å². The molecule has 0 radical (unpaired) electrons. The first-order chi connectivity index (χ1) is 17.8. The molecule has 0 spiro atoms. The average molecular weight is 529 g/mol. The van der Waals surface area contributed by atoms with Crippen LogP contribution in [0.15, 0.2) is 35.3 Å². The first kappa shape index (κ1) is 28.7. The van der Waals surface area contributed by atoms with Crippen molar-refractivity contribution in [2.45, 2.75) is 76.5 Å². The summed E-state index contributed by atoms with van der Waals surface area (Å²) in [6.07, 6.45) is 3.90. The number of carbonyl (C=O) groups is 3. The van der Waals surface area contributed by atoms with Gasteiger partial charge >= 0.3 is 12.1 Å². The van der Waals surface area contributed by atoms with Gasteiger partial charge in [-0.2, -0.15) is 5.10 Å². The second-order valence-corrected chi connectivity index (χ2v) is 10.6. The van der Waals surface area contributed by atoms with Crippen LogP contribution >= 0.6 is 0 Å². The normalized spacial score (nSPS) is 15.7. The molecule has 0 aliphatic heterocycles. The third-order valence-corrected chi connectivity index (χ3v) is 6.49. The zero-order chi connectivity index (χ0) is 28.1. The molecule has 3 rings (SSSR count). The molecular weight excluding hydrogens is 492 g/mol. The van der Waals surface area contributed by atoms with Crippen molar-refractivity contribution in [3.63, 3.8) is 0 Å². The van der Waals surface area contributed by atoms with Crippen molar-refractivity contribution in [2.24, 2.45) is 7.05 Å². The molecule has 11 nitrogen and oxygen atoms in total. The van der Waals surface area contributed by atoms with Gasteiger partial charge in [-0.15, -0.1) is 0 Å². The fourth-order valence-corrected chi connectivity index (χ4v) is 4.55. The van der Waals surface area contributed by atoms with Crippen LogP contribution in [0.25, 0.3) is 11.1 Å². The summed E-state index contributed by atoms with van der Waals surface area (Å²) in [6, 6.07) is 5.57. The lowest BCUT2D eigenvalue weighted by Gasteiger charge is -2.37. The molecule has 2 amide bonds. The number of aromatic nitrogens is 2. The summed E-state index contributed by atoms with van der Waals surface area (Å²) in [7, 11) is 2.99. The number of hydrogen-bond donors (Lipinski definition) is 3. The Bertz CT molecular complexity index is 1230. The monoisotopic (exact) mass is 528 g/mol. The predicted octanol–water partition coefficient (Wildman–Crippen LogP) is 2.80. The molecule has 1 aromatic heterocycles. The lowest BCUT2D eigenvalue weighted by Crippen LogP contribution is -2.62. The minimum absolute atomic E-state index is 0.00929. The number of ether oxygens (including phenoxy) is 2. The first-order valence-electron chi connectivity index (χ1n) is 12.6. The predicted molar refractivity (Wildman–Crippen MR) is 140 cm³/mol. The number of carbonyl (C=O) groups excluding carboxylic acids is 2. The number of amides is 2. The molecule has 1 aliphatic carbocycles. The summed E-state index contributed by atoms with van der Waals surface area (Å²) in [4.78, 5) is 50.6. The molecule has 2 aromatic rings. The minimum atomic E-state index is -1.24. The third-order valence-electron chi connectivity index (χ3n) is 6.49. The second-order valence-electron chi connectivity index (χ2n) is 10.6. The standard InChI is InChI=1S/C27H36N4O7/c1-26(2,3)38-25(36)30-27(13-7-6-8-14-27)24(35)29-19(23(33)34)15-17-9-11-18(12-10-17)21-20(37-5)16-28-31(4)22(21)32/h9-12,16,19H,6-8,13-15H2,1-5H3,(H,29,35)(H,30,36)(H,33,34)/t19-/m0/s1. The maximum Gasteiger partial charge on any atom is 0.408 e. The van der Waals surface area contributed by atoms with Crippen LogP contribution in [0.3, 0.4) is 0 Å². The van der Waals surface area contributed by atoms with Crippen LogP contribution in [-0.2, 0) is 27.8 Å². The fourth-order valence-electron chi connectivity index (χ4n) is 4.55. The number of carboxylic acids is 1. The minimum Gasteiger partial charge on any atom is -0.494 e. The van der Waals surface area contributed by atoms with Crippen LogP contribution < -0.4 is 20.9 Å². The van der Waals surface area contributed by atoms with E-state index in [1.807, 2.05) is 0 Å². The zero-order valence-electron chi connectivity index (χ0n) is 22.5. The number of aryl methyl sites for hydroxylation is 1. The number of hydrogen-bond acceptors (Lipinski definition) is 7. The van der Waals surface area contributed by atoms with Gasteiger partial charge in [-0.25, -0.2) is 14.3 Å². The Kier molecular flexibility index (Phi) is 8.80. The Morgan fingerprint density at radius 3 is 2.32 bits per heavy atom. The highest BCUT2D eigenvalue weighted by Crippen LogP contribution is 2.30. The van der Waals surface area contributed by atoms with Crippen molar-refractivity contribution in [1.82, 2.24) is 20.4 Å². The molecule has 11 heteroatoms. The SMILES string of the molecule is COc1cnn(C)c(=O)c1-c1ccc(C[C@H](NC(=O)C2(NC(=O)OC(C)(C)C)CCCCC2)C(=O)O)cc1. The molecule has 1 heterocycles. The van der Waals surface area contributed by atoms with Crippen molar-refractivity contribution in [3.05, 3.63) is 46.4 Å². The van der Waals surface area contributed by atoms with Crippen LogP contribution in [0.1, 0.15) is 58.4 Å². The van der Waals surface area contributed by atoms with E-state index in [1.165, 1.54) is 25.0 Å². The fraction of sp³-hybridized carbons (Fsp3) is 0.519. The van der Waals surface area contributed by atoms with Crippen molar-refractivity contribution in [1.29, 1.82) is 0 Å². The van der Waals surface area contributed by atoms with Crippen LogP contribution in [0.5, 0.6) is 5.75 Å². The highest BCUT2D eigenvalue weighted by atomic mass is 16.6. The number of carboxylic acid groups (broad SMARTS) is 1. The lowest BCUT2D eigenvalue weighted by atomic mass is 9.80. The summed E-state index contributed by atoms with van der Waals surface area (Å²) < 4.78 is 11.9. The molecule has 3 N–H and O–H groups in total. The van der Waals surface area contributed by atoms with Gasteiger partial charge in [-0.1, -0.05) is 43.5 Å². The lowest BCUT2D eigenvalue weighted by molar-refractivity contribution is -0.143. The van der Waals surface area contributed by atoms with E-state index in [4.69, 9.17) is 9.47 Å². The van der Waals surface area contributed by atoms with Crippen LogP contribution in [0, 0.1) is 0 Å². The highest BCUT2D eigenvalue weighted by Gasteiger charge is 2.43. The molecule has 1 fully saturated rings. The smallest absolute Gasteiger partial charge is 0.408 e. The van der Waals surface area contributed by atoms with Gasteiger partial charge in [0.2, 0.25) is 5.91 Å². The van der Waals surface area contributed by atoms with Gasteiger partial charge in [0, 0.05) is 13.5 Å². The Labute approximate surface area is 221 Å². The highest BCUT2D eigenvalue weighted by molar-refractivity contribution is 5.93. The molecule has 38 heavy (non-hydrogen) atoms. The number of nitrogens with one attached hydrogen (secondary N) is 2. The van der Waals surface area contributed by atoms with E-state index in [9.17, 15) is 24.3 Å². The van der Waals surface area contributed by atoms with E-state index in [2.05, 4.69) is 15.7 Å². The van der Waals surface area contributed by atoms with Gasteiger partial charge in [0.05, 0.1) is 18.9 Å². The Morgan fingerprint density at radius 1 is 1.13 bits per heavy atom. The van der Waals surface area contributed by atoms with E-state index in [0.29, 0.717) is 35.3 Å². The molecule has 0 unspecified atom stereocenters. The van der Waals surface area contributed by atoms with E-state index in [1.54, 1.807) is 45.0 Å². The molecular formula is C27H36N4O7. The van der Waals surface area contributed by atoms with E-state index in [-0.39, 0.29) is 12.0 Å². The summed E-state index contributed by atoms with van der Waals surface area (Å²) in [6.45, 7) is 5.19. The Balaban J connectivity index is 1.79. The van der Waals surface area contributed by atoms with E-state index < -0.39 is 35.2 Å². The third kappa shape index (κ3) is 6.90. The number of methoxy groups -OCH3 is 1. The maximum absolute atomic E-state index is 13.4. The van der Waals surface area contributed by atoms with Crippen molar-refractivity contribution < 1.29 is 29.0 Å². The second kappa shape index (κ2) is 11.7. The van der Waals surface area contributed by atoms with Gasteiger partial charge in [0.25, 0.3) is 5.56 Å². The zero-order valence-corrected chi connectivity index (χ0v) is 22.5. The van der Waals surface area contributed by atoms with Gasteiger partial charge in [0.15, 0.2) is 5.75 Å². The number of benzene rings is 1. The molecule has 1 atom stereocenters. The number of rotatable bonds is 8. The molecule has 1 aromatic carbocycles. The summed E-state index contributed by atoms with van der Waals surface area (Å²) in [5, 5.41) is 19.2. The summed E-state index contributed by atoms with van der Waals surface area (Å²) in [5.41, 5.74) is -0.737. The summed E-state index contributed by atoms with van der Waals surface area (Å²) in [5.74, 6) is -1.42. The van der Waals surface area contributed by atoms with Crippen LogP contribution in [-0.4, -0.2) is 57.1 Å². The van der Waals surface area contributed by atoms with Crippen molar-refractivity contribution in [3.8, 4) is 16.9 Å². The topological polar surface area (TPSA) is 149 Å². The number of alkyl carbamates (subject to hydrolysis) is 1.